The van der Waals surface area contributed by atoms with Crippen molar-refractivity contribution < 1.29 is 24.3 Å². The summed E-state index contributed by atoms with van der Waals surface area (Å²) in [7, 11) is 0. The summed E-state index contributed by atoms with van der Waals surface area (Å²) in [5.41, 5.74) is 3.99. The van der Waals surface area contributed by atoms with Crippen molar-refractivity contribution in [3.8, 4) is 11.3 Å². The Labute approximate surface area is 240 Å². The van der Waals surface area contributed by atoms with Crippen LogP contribution in [0.1, 0.15) is 31.4 Å². The van der Waals surface area contributed by atoms with E-state index in [9.17, 15) is 24.3 Å². The highest BCUT2D eigenvalue weighted by molar-refractivity contribution is 6.38. The van der Waals surface area contributed by atoms with Crippen LogP contribution in [0, 0.1) is 0 Å². The molecule has 0 saturated carbocycles. The summed E-state index contributed by atoms with van der Waals surface area (Å²) in [5.74, 6) is -0.999. The minimum absolute atomic E-state index is 0.158. The summed E-state index contributed by atoms with van der Waals surface area (Å²) >= 11 is 6.73. The Morgan fingerprint density at radius 1 is 0.976 bits per heavy atom. The normalized spacial score (nSPS) is 15.4. The van der Waals surface area contributed by atoms with Gasteiger partial charge in [-0.05, 0) is 54.3 Å². The van der Waals surface area contributed by atoms with E-state index in [1.807, 2.05) is 18.2 Å². The average molecular weight is 574 g/mol. The highest BCUT2D eigenvalue weighted by atomic mass is 35.5. The van der Waals surface area contributed by atoms with E-state index in [0.717, 1.165) is 11.1 Å². The number of amides is 4. The molecule has 2 atom stereocenters. The molecule has 11 heteroatoms. The molecule has 1 aromatic heterocycles. The second kappa shape index (κ2) is 11.7. The van der Waals surface area contributed by atoms with Gasteiger partial charge in [0.2, 0.25) is 11.8 Å². The van der Waals surface area contributed by atoms with Crippen LogP contribution < -0.4 is 16.0 Å². The molecular weight excluding hydrogens is 546 g/mol. The first-order chi connectivity index (χ1) is 19.7. The highest BCUT2D eigenvalue weighted by Crippen LogP contribution is 2.36. The van der Waals surface area contributed by atoms with Crippen LogP contribution in [0.25, 0.3) is 22.2 Å². The van der Waals surface area contributed by atoms with Crippen molar-refractivity contribution >= 4 is 57.7 Å². The number of likely N-dealkylation sites (tertiary alicyclic amines) is 1. The topological polar surface area (TPSA) is 144 Å². The van der Waals surface area contributed by atoms with Gasteiger partial charge in [-0.3, -0.25) is 14.4 Å². The van der Waals surface area contributed by atoms with Crippen molar-refractivity contribution in [2.75, 3.05) is 17.2 Å². The number of halogens is 1. The monoisotopic (exact) mass is 573 g/mol. The zero-order valence-electron chi connectivity index (χ0n) is 22.1. The van der Waals surface area contributed by atoms with Gasteiger partial charge in [0.1, 0.15) is 12.1 Å². The van der Waals surface area contributed by atoms with Crippen molar-refractivity contribution in [3.05, 3.63) is 83.4 Å². The summed E-state index contributed by atoms with van der Waals surface area (Å²) in [6.07, 6.45) is -0.254. The van der Waals surface area contributed by atoms with Crippen LogP contribution in [0.4, 0.5) is 16.2 Å². The molecule has 2 heterocycles. The molecule has 0 unspecified atom stereocenters. The number of anilines is 2. The van der Waals surface area contributed by atoms with Crippen molar-refractivity contribution in [2.45, 2.75) is 31.8 Å². The summed E-state index contributed by atoms with van der Waals surface area (Å²) in [6, 6.07) is 19.3. The second-order valence-electron chi connectivity index (χ2n) is 9.80. The molecule has 4 amide bonds. The lowest BCUT2D eigenvalue weighted by Gasteiger charge is -2.28. The van der Waals surface area contributed by atoms with Crippen LogP contribution in [0.2, 0.25) is 5.02 Å². The Morgan fingerprint density at radius 2 is 1.68 bits per heavy atom. The smallest absolute Gasteiger partial charge is 0.405 e. The maximum absolute atomic E-state index is 13.5. The Balaban J connectivity index is 1.34. The molecule has 0 bridgehead atoms. The number of nitrogens with one attached hydrogen (secondary N) is 4. The molecule has 4 aromatic rings. The van der Waals surface area contributed by atoms with Crippen LogP contribution in [-0.2, 0) is 14.4 Å². The van der Waals surface area contributed by atoms with E-state index < -0.39 is 24.1 Å². The molecule has 0 spiro atoms. The predicted octanol–water partition coefficient (Wildman–Crippen LogP) is 5.39. The number of aromatic amines is 1. The minimum Gasteiger partial charge on any atom is -0.465 e. The molecule has 210 valence electrons. The van der Waals surface area contributed by atoms with Gasteiger partial charge in [0.05, 0.1) is 10.7 Å². The number of nitrogens with zero attached hydrogens (tertiary/aromatic N) is 1. The van der Waals surface area contributed by atoms with E-state index in [1.54, 1.807) is 54.6 Å². The number of rotatable bonds is 7. The molecule has 5 rings (SSSR count). The molecule has 0 radical (unpaired) electrons. The third kappa shape index (κ3) is 6.02. The van der Waals surface area contributed by atoms with E-state index in [0.29, 0.717) is 52.4 Å². The van der Waals surface area contributed by atoms with E-state index >= 15 is 0 Å². The van der Waals surface area contributed by atoms with Gasteiger partial charge in [-0.25, -0.2) is 4.79 Å². The van der Waals surface area contributed by atoms with Crippen LogP contribution in [0.15, 0.2) is 72.8 Å². The van der Waals surface area contributed by atoms with Crippen LogP contribution >= 0.6 is 11.6 Å². The molecule has 1 aliphatic heterocycles. The SMILES string of the molecule is CC(=O)Nc1ccc(-c2[nH]c3ccc(NC(=O)[C@@H]4CCCN4C(=O)[C@@H](NC(=O)O)c4ccccc4)cc3c2Cl)cc1. The van der Waals surface area contributed by atoms with Crippen molar-refractivity contribution in [2.24, 2.45) is 0 Å². The van der Waals surface area contributed by atoms with E-state index in [-0.39, 0.29) is 11.8 Å². The Hall–Kier alpha value is -4.83. The first-order valence-electron chi connectivity index (χ1n) is 13.1. The number of carbonyl (C=O) groups is 4. The fraction of sp³-hybridized carbons (Fsp3) is 0.200. The highest BCUT2D eigenvalue weighted by Gasteiger charge is 2.38. The molecule has 1 aliphatic rings. The largest absolute Gasteiger partial charge is 0.465 e. The fourth-order valence-electron chi connectivity index (χ4n) is 5.11. The zero-order chi connectivity index (χ0) is 29.1. The number of H-pyrrole nitrogens is 1. The van der Waals surface area contributed by atoms with Crippen molar-refractivity contribution in [3.63, 3.8) is 0 Å². The molecule has 3 aromatic carbocycles. The first-order valence-corrected chi connectivity index (χ1v) is 13.4. The standard InChI is InChI=1S/C30H28ClN5O5/c1-17(37)32-20-11-9-19(10-12-20)26-25(31)22-16-21(13-14-23(22)34-26)33-28(38)24-8-5-15-36(24)29(39)27(35-30(40)41)18-6-3-2-4-7-18/h2-4,6-7,9-14,16,24,27,34-35H,5,8,15H2,1H3,(H,32,37)(H,33,38)(H,40,41)/t24-,27-/m0/s1. The summed E-state index contributed by atoms with van der Waals surface area (Å²) in [4.78, 5) is 54.3. The quantitative estimate of drug-likeness (QED) is 0.201. The van der Waals surface area contributed by atoms with Gasteiger partial charge in [-0.15, -0.1) is 0 Å². The Morgan fingerprint density at radius 3 is 2.37 bits per heavy atom. The van der Waals surface area contributed by atoms with E-state index in [2.05, 4.69) is 20.9 Å². The van der Waals surface area contributed by atoms with Gasteiger partial charge in [-0.2, -0.15) is 0 Å². The number of carboxylic acid groups (broad SMARTS) is 1. The van der Waals surface area contributed by atoms with Gasteiger partial charge >= 0.3 is 6.09 Å². The Kier molecular flexibility index (Phi) is 7.93. The maximum Gasteiger partial charge on any atom is 0.405 e. The molecule has 1 fully saturated rings. The number of hydrogen-bond donors (Lipinski definition) is 5. The van der Waals surface area contributed by atoms with Crippen LogP contribution in [-0.4, -0.2) is 51.4 Å². The van der Waals surface area contributed by atoms with Gasteiger partial charge in [-0.1, -0.05) is 54.1 Å². The van der Waals surface area contributed by atoms with Gasteiger partial charge < -0.3 is 30.9 Å². The predicted molar refractivity (Wildman–Crippen MR) is 157 cm³/mol. The van der Waals surface area contributed by atoms with E-state index in [1.165, 1.54) is 11.8 Å². The summed E-state index contributed by atoms with van der Waals surface area (Å²) in [5, 5.41) is 18.5. The lowest BCUT2D eigenvalue weighted by molar-refractivity contribution is -0.138. The van der Waals surface area contributed by atoms with Crippen molar-refractivity contribution in [1.82, 2.24) is 15.2 Å². The molecular formula is C30H28ClN5O5. The fourth-order valence-corrected chi connectivity index (χ4v) is 5.42. The van der Waals surface area contributed by atoms with Gasteiger partial charge in [0.25, 0.3) is 5.91 Å². The second-order valence-corrected chi connectivity index (χ2v) is 10.2. The lowest BCUT2D eigenvalue weighted by Crippen LogP contribution is -2.48. The first kappa shape index (κ1) is 27.7. The third-order valence-corrected chi connectivity index (χ3v) is 7.38. The minimum atomic E-state index is -1.33. The maximum atomic E-state index is 13.5. The number of carbonyl (C=O) groups excluding carboxylic acids is 3. The lowest BCUT2D eigenvalue weighted by atomic mass is 10.0. The van der Waals surface area contributed by atoms with Gasteiger partial charge in [0, 0.05) is 35.7 Å². The molecule has 1 saturated heterocycles. The zero-order valence-corrected chi connectivity index (χ0v) is 22.9. The molecule has 10 nitrogen and oxygen atoms in total. The number of hydrogen-bond acceptors (Lipinski definition) is 4. The average Bonchev–Trinajstić information content (AvgIpc) is 3.57. The Bertz CT molecular complexity index is 1620. The summed E-state index contributed by atoms with van der Waals surface area (Å²) in [6.45, 7) is 1.79. The molecule has 41 heavy (non-hydrogen) atoms. The number of benzene rings is 3. The third-order valence-electron chi connectivity index (χ3n) is 6.98. The molecule has 0 aliphatic carbocycles. The molecule has 5 N–H and O–H groups in total. The summed E-state index contributed by atoms with van der Waals surface area (Å²) < 4.78 is 0. The van der Waals surface area contributed by atoms with Crippen LogP contribution in [0.3, 0.4) is 0 Å². The van der Waals surface area contributed by atoms with Gasteiger partial charge in [0.15, 0.2) is 0 Å². The number of aromatic nitrogens is 1. The number of fused-ring (bicyclic) bond motifs is 1. The van der Waals surface area contributed by atoms with E-state index in [4.69, 9.17) is 11.6 Å². The van der Waals surface area contributed by atoms with Crippen LogP contribution in [0.5, 0.6) is 0 Å². The van der Waals surface area contributed by atoms with Crippen molar-refractivity contribution in [1.29, 1.82) is 0 Å².